The Morgan fingerprint density at radius 3 is 1.59 bits per heavy atom. The molecule has 92 valence electrons. The number of allylic oxidation sites excluding steroid dienone is 8. The predicted octanol–water partition coefficient (Wildman–Crippen LogP) is 5.53. The van der Waals surface area contributed by atoms with E-state index >= 15 is 0 Å². The minimum Gasteiger partial charge on any atom is -0.0961 e. The smallest absolute Gasteiger partial charge is 0.0244 e. The summed E-state index contributed by atoms with van der Waals surface area (Å²) < 4.78 is 0. The van der Waals surface area contributed by atoms with Crippen LogP contribution in [0.1, 0.15) is 33.1 Å². The van der Waals surface area contributed by atoms with Gasteiger partial charge in [-0.05, 0) is 26.2 Å². The van der Waals surface area contributed by atoms with E-state index < -0.39 is 0 Å². The third kappa shape index (κ3) is 9.37. The molecule has 17 heavy (non-hydrogen) atoms. The summed E-state index contributed by atoms with van der Waals surface area (Å²) in [5.41, 5.74) is 4.40. The van der Waals surface area contributed by atoms with Crippen molar-refractivity contribution >= 4 is 0 Å². The quantitative estimate of drug-likeness (QED) is 0.479. The van der Waals surface area contributed by atoms with Gasteiger partial charge in [0.1, 0.15) is 0 Å². The van der Waals surface area contributed by atoms with E-state index in [-0.39, 0.29) is 0 Å². The Bertz CT molecular complexity index is 361. The maximum Gasteiger partial charge on any atom is -0.0244 e. The molecule has 0 aliphatic heterocycles. The van der Waals surface area contributed by atoms with Crippen LogP contribution in [0.5, 0.6) is 0 Å². The van der Waals surface area contributed by atoms with Crippen LogP contribution >= 0.6 is 0 Å². The van der Waals surface area contributed by atoms with Gasteiger partial charge in [0, 0.05) is 0 Å². The lowest BCUT2D eigenvalue weighted by Crippen LogP contribution is -1.81. The van der Waals surface area contributed by atoms with Crippen LogP contribution < -0.4 is 0 Å². The van der Waals surface area contributed by atoms with Crippen LogP contribution in [-0.2, 0) is 0 Å². The molecule has 0 aliphatic carbocycles. The van der Waals surface area contributed by atoms with Crippen LogP contribution in [-0.4, -0.2) is 0 Å². The monoisotopic (exact) mass is 228 g/mol. The van der Waals surface area contributed by atoms with Crippen molar-refractivity contribution in [2.75, 3.05) is 0 Å². The summed E-state index contributed by atoms with van der Waals surface area (Å²) in [4.78, 5) is 0. The van der Waals surface area contributed by atoms with Crippen molar-refractivity contribution in [2.24, 2.45) is 0 Å². The Balaban J connectivity index is 4.00. The molecule has 0 aromatic heterocycles. The van der Waals surface area contributed by atoms with E-state index in [2.05, 4.69) is 33.2 Å². The largest absolute Gasteiger partial charge is 0.0961 e. The normalized spacial score (nSPS) is 10.9. The summed E-state index contributed by atoms with van der Waals surface area (Å²) >= 11 is 0. The Morgan fingerprint density at radius 1 is 0.765 bits per heavy atom. The van der Waals surface area contributed by atoms with Crippen molar-refractivity contribution in [1.82, 2.24) is 0 Å². The second-order valence-corrected chi connectivity index (χ2v) is 4.34. The van der Waals surface area contributed by atoms with Crippen LogP contribution in [0.15, 0.2) is 72.9 Å². The Morgan fingerprint density at radius 2 is 1.18 bits per heavy atom. The summed E-state index contributed by atoms with van der Waals surface area (Å²) in [6, 6.07) is 0. The summed E-state index contributed by atoms with van der Waals surface area (Å²) in [6.07, 6.45) is 10.9. The molecule has 0 rings (SSSR count). The van der Waals surface area contributed by atoms with Crippen molar-refractivity contribution in [3.05, 3.63) is 72.9 Å². The lowest BCUT2D eigenvalue weighted by molar-refractivity contribution is 0.977. The van der Waals surface area contributed by atoms with Gasteiger partial charge in [-0.15, -0.1) is 0 Å². The first kappa shape index (κ1) is 15.4. The van der Waals surface area contributed by atoms with Gasteiger partial charge in [-0.25, -0.2) is 0 Å². The van der Waals surface area contributed by atoms with Crippen molar-refractivity contribution < 1.29 is 0 Å². The maximum atomic E-state index is 4.02. The van der Waals surface area contributed by atoms with Crippen molar-refractivity contribution in [3.8, 4) is 0 Å². The third-order valence-corrected chi connectivity index (χ3v) is 2.38. The lowest BCUT2D eigenvalue weighted by atomic mass is 10.0. The molecule has 0 saturated carbocycles. The molecule has 0 nitrogen and oxygen atoms in total. The first-order valence-corrected chi connectivity index (χ1v) is 6.00. The molecular formula is C17H24. The fraction of sp³-hybridized carbons (Fsp3) is 0.294. The number of hydrogen-bond donors (Lipinski definition) is 0. The third-order valence-electron chi connectivity index (χ3n) is 2.38. The molecule has 0 heterocycles. The number of rotatable bonds is 8. The number of hydrogen-bond acceptors (Lipinski definition) is 0. The highest BCUT2D eigenvalue weighted by atomic mass is 14.0. The molecule has 0 fully saturated rings. The first-order valence-electron chi connectivity index (χ1n) is 6.00. The van der Waals surface area contributed by atoms with Gasteiger partial charge in [-0.2, -0.15) is 0 Å². The zero-order valence-electron chi connectivity index (χ0n) is 11.3. The van der Waals surface area contributed by atoms with E-state index in [0.717, 1.165) is 41.6 Å². The fourth-order valence-corrected chi connectivity index (χ4v) is 1.10. The van der Waals surface area contributed by atoms with Gasteiger partial charge in [-0.3, -0.25) is 0 Å². The van der Waals surface area contributed by atoms with Gasteiger partial charge in [0.2, 0.25) is 0 Å². The summed E-state index contributed by atoms with van der Waals surface area (Å²) in [7, 11) is 0. The Kier molecular flexibility index (Phi) is 7.79. The van der Waals surface area contributed by atoms with E-state index in [1.54, 1.807) is 0 Å². The minimum atomic E-state index is 0.936. The van der Waals surface area contributed by atoms with Gasteiger partial charge in [0.05, 0.1) is 0 Å². The van der Waals surface area contributed by atoms with E-state index in [1.165, 1.54) is 0 Å². The SMILES string of the molecule is C=C(C)/C=C\C(=C)CCC(=C)/C=C\C(=C)CC. The maximum absolute atomic E-state index is 4.02. The second kappa shape index (κ2) is 8.58. The predicted molar refractivity (Wildman–Crippen MR) is 80.0 cm³/mol. The van der Waals surface area contributed by atoms with Gasteiger partial charge in [0.25, 0.3) is 0 Å². The van der Waals surface area contributed by atoms with Crippen molar-refractivity contribution in [1.29, 1.82) is 0 Å². The Hall–Kier alpha value is -1.56. The van der Waals surface area contributed by atoms with E-state index in [0.29, 0.717) is 0 Å². The molecular weight excluding hydrogens is 204 g/mol. The molecule has 0 saturated heterocycles. The summed E-state index contributed by atoms with van der Waals surface area (Å²) in [5.74, 6) is 0. The van der Waals surface area contributed by atoms with E-state index in [1.807, 2.05) is 31.2 Å². The standard InChI is InChI=1S/C17H24/c1-7-15(4)10-11-17(6)13-12-16(5)9-8-14(2)3/h8-11H,2,4-7,12-13H2,1,3H3/b9-8-,11-10-. The van der Waals surface area contributed by atoms with Gasteiger partial charge in [-0.1, -0.05) is 79.8 Å². The first-order chi connectivity index (χ1) is 7.95. The molecule has 0 spiro atoms. The zero-order chi connectivity index (χ0) is 13.3. The second-order valence-electron chi connectivity index (χ2n) is 4.34. The highest BCUT2D eigenvalue weighted by Gasteiger charge is 1.93. The Labute approximate surface area is 106 Å². The zero-order valence-corrected chi connectivity index (χ0v) is 11.3. The van der Waals surface area contributed by atoms with Crippen molar-refractivity contribution in [3.63, 3.8) is 0 Å². The summed E-state index contributed by atoms with van der Waals surface area (Å²) in [5, 5.41) is 0. The summed E-state index contributed by atoms with van der Waals surface area (Å²) in [6.45, 7) is 19.8. The van der Waals surface area contributed by atoms with Crippen LogP contribution in [0, 0.1) is 0 Å². The topological polar surface area (TPSA) is 0 Å². The molecule has 0 atom stereocenters. The van der Waals surface area contributed by atoms with Crippen LogP contribution in [0.4, 0.5) is 0 Å². The van der Waals surface area contributed by atoms with Gasteiger partial charge >= 0.3 is 0 Å². The minimum absolute atomic E-state index is 0.936. The molecule has 0 N–H and O–H groups in total. The molecule has 0 bridgehead atoms. The average molecular weight is 228 g/mol. The van der Waals surface area contributed by atoms with E-state index in [9.17, 15) is 0 Å². The highest BCUT2D eigenvalue weighted by Crippen LogP contribution is 2.12. The molecule has 0 heteroatoms. The molecule has 0 aliphatic rings. The molecule has 0 unspecified atom stereocenters. The lowest BCUT2D eigenvalue weighted by Gasteiger charge is -2.01. The van der Waals surface area contributed by atoms with Gasteiger partial charge in [0.15, 0.2) is 0 Å². The van der Waals surface area contributed by atoms with Crippen LogP contribution in [0.2, 0.25) is 0 Å². The van der Waals surface area contributed by atoms with Crippen LogP contribution in [0.3, 0.4) is 0 Å². The fourth-order valence-electron chi connectivity index (χ4n) is 1.10. The van der Waals surface area contributed by atoms with E-state index in [4.69, 9.17) is 0 Å². The molecule has 0 amide bonds. The molecule has 0 radical (unpaired) electrons. The average Bonchev–Trinajstić information content (AvgIpc) is 2.30. The van der Waals surface area contributed by atoms with Crippen molar-refractivity contribution in [2.45, 2.75) is 33.1 Å². The van der Waals surface area contributed by atoms with Gasteiger partial charge < -0.3 is 0 Å². The van der Waals surface area contributed by atoms with Crippen LogP contribution in [0.25, 0.3) is 0 Å². The molecule has 0 aromatic carbocycles. The molecule has 0 aromatic rings. The highest BCUT2D eigenvalue weighted by molar-refractivity contribution is 5.27.